The molecule has 0 radical (unpaired) electrons. The molecule has 1 N–H and O–H groups in total. The van der Waals surface area contributed by atoms with Gasteiger partial charge in [0.1, 0.15) is 0 Å². The van der Waals surface area contributed by atoms with Crippen molar-refractivity contribution < 1.29 is 4.79 Å². The number of hydrogen-bond donors (Lipinski definition) is 1. The van der Waals surface area contributed by atoms with E-state index in [9.17, 15) is 4.79 Å². The lowest BCUT2D eigenvalue weighted by molar-refractivity contribution is -0.133. The van der Waals surface area contributed by atoms with Gasteiger partial charge in [0.15, 0.2) is 0 Å². The first-order valence-electron chi connectivity index (χ1n) is 7.59. The van der Waals surface area contributed by atoms with Crippen molar-refractivity contribution in [1.82, 2.24) is 20.2 Å². The summed E-state index contributed by atoms with van der Waals surface area (Å²) in [5.41, 5.74) is 0.898. The van der Waals surface area contributed by atoms with Crippen LogP contribution in [-0.4, -0.2) is 46.5 Å². The molecule has 1 aromatic rings. The molecular formula is C15H22N4O. The van der Waals surface area contributed by atoms with Gasteiger partial charge >= 0.3 is 0 Å². The van der Waals surface area contributed by atoms with Gasteiger partial charge in [-0.3, -0.25) is 14.8 Å². The number of nitrogens with one attached hydrogen (secondary N) is 1. The Morgan fingerprint density at radius 3 is 3.20 bits per heavy atom. The molecule has 0 aliphatic carbocycles. The highest BCUT2D eigenvalue weighted by molar-refractivity contribution is 5.76. The third-order valence-corrected chi connectivity index (χ3v) is 4.46. The Morgan fingerprint density at radius 2 is 2.35 bits per heavy atom. The van der Waals surface area contributed by atoms with Gasteiger partial charge in [-0.05, 0) is 38.1 Å². The smallest absolute Gasteiger partial charge is 0.222 e. The Kier molecular flexibility index (Phi) is 4.25. The van der Waals surface area contributed by atoms with Crippen molar-refractivity contribution in [2.75, 3.05) is 19.6 Å². The molecule has 0 aromatic carbocycles. The highest BCUT2D eigenvalue weighted by Crippen LogP contribution is 2.25. The lowest BCUT2D eigenvalue weighted by atomic mass is 9.85. The monoisotopic (exact) mass is 274 g/mol. The molecule has 0 saturated carbocycles. The first kappa shape index (κ1) is 13.5. The molecule has 5 nitrogen and oxygen atoms in total. The average Bonchev–Trinajstić information content (AvgIpc) is 2.53. The van der Waals surface area contributed by atoms with Crippen LogP contribution in [0.1, 0.15) is 31.4 Å². The summed E-state index contributed by atoms with van der Waals surface area (Å²) in [6.45, 7) is 2.96. The van der Waals surface area contributed by atoms with Gasteiger partial charge in [-0.15, -0.1) is 0 Å². The van der Waals surface area contributed by atoms with Gasteiger partial charge < -0.3 is 10.2 Å². The minimum Gasteiger partial charge on any atom is -0.342 e. The summed E-state index contributed by atoms with van der Waals surface area (Å²) >= 11 is 0. The van der Waals surface area contributed by atoms with E-state index in [2.05, 4.69) is 15.3 Å². The van der Waals surface area contributed by atoms with Crippen molar-refractivity contribution in [3.05, 3.63) is 24.3 Å². The van der Waals surface area contributed by atoms with Crippen molar-refractivity contribution in [2.45, 2.75) is 38.1 Å². The molecule has 3 heterocycles. The Balaban J connectivity index is 1.50. The van der Waals surface area contributed by atoms with Crippen LogP contribution in [0.25, 0.3) is 0 Å². The van der Waals surface area contributed by atoms with Crippen molar-refractivity contribution >= 4 is 5.91 Å². The zero-order valence-corrected chi connectivity index (χ0v) is 11.8. The highest BCUT2D eigenvalue weighted by Gasteiger charge is 2.32. The number of rotatable bonds is 3. The van der Waals surface area contributed by atoms with Crippen LogP contribution >= 0.6 is 0 Å². The van der Waals surface area contributed by atoms with Crippen LogP contribution in [0.5, 0.6) is 0 Å². The summed E-state index contributed by atoms with van der Waals surface area (Å²) in [7, 11) is 0. The van der Waals surface area contributed by atoms with E-state index >= 15 is 0 Å². The first-order valence-corrected chi connectivity index (χ1v) is 7.59. The first-order chi connectivity index (χ1) is 9.83. The molecule has 0 spiro atoms. The third kappa shape index (κ3) is 3.15. The molecule has 3 rings (SSSR count). The van der Waals surface area contributed by atoms with E-state index in [0.717, 1.165) is 31.7 Å². The molecule has 2 aliphatic rings. The van der Waals surface area contributed by atoms with Gasteiger partial charge in [-0.2, -0.15) is 0 Å². The summed E-state index contributed by atoms with van der Waals surface area (Å²) in [6.07, 6.45) is 9.91. The molecular weight excluding hydrogens is 252 g/mol. The Hall–Kier alpha value is -1.49. The van der Waals surface area contributed by atoms with E-state index in [0.29, 0.717) is 24.8 Å². The van der Waals surface area contributed by atoms with Crippen molar-refractivity contribution in [3.8, 4) is 0 Å². The number of amides is 1. The standard InChI is InChI=1S/C15H22N4O/c20-15(4-3-13-10-16-7-8-17-13)19-9-5-14-12(11-19)2-1-6-18-14/h7-8,10,12,14,18H,1-6,9,11H2/t12-,14+/m1/s1. The van der Waals surface area contributed by atoms with Crippen molar-refractivity contribution in [3.63, 3.8) is 0 Å². The summed E-state index contributed by atoms with van der Waals surface area (Å²) < 4.78 is 0. The second-order valence-corrected chi connectivity index (χ2v) is 5.79. The predicted molar refractivity (Wildman–Crippen MR) is 76.1 cm³/mol. The molecule has 5 heteroatoms. The average molecular weight is 274 g/mol. The van der Waals surface area contributed by atoms with Gasteiger partial charge in [-0.25, -0.2) is 0 Å². The van der Waals surface area contributed by atoms with Crippen LogP contribution in [-0.2, 0) is 11.2 Å². The Bertz CT molecular complexity index is 450. The molecule has 1 amide bonds. The number of nitrogens with zero attached hydrogens (tertiary/aromatic N) is 3. The maximum absolute atomic E-state index is 12.3. The zero-order valence-electron chi connectivity index (χ0n) is 11.8. The van der Waals surface area contributed by atoms with E-state index in [1.165, 1.54) is 12.8 Å². The van der Waals surface area contributed by atoms with Gasteiger partial charge in [0.25, 0.3) is 0 Å². The lowest BCUT2D eigenvalue weighted by Gasteiger charge is -2.41. The number of aromatic nitrogens is 2. The molecule has 0 unspecified atom stereocenters. The summed E-state index contributed by atoms with van der Waals surface area (Å²) in [5.74, 6) is 0.914. The predicted octanol–water partition coefficient (Wildman–Crippen LogP) is 1.01. The normalized spacial score (nSPS) is 26.1. The quantitative estimate of drug-likeness (QED) is 0.893. The van der Waals surface area contributed by atoms with E-state index < -0.39 is 0 Å². The van der Waals surface area contributed by atoms with Crippen molar-refractivity contribution in [2.24, 2.45) is 5.92 Å². The van der Waals surface area contributed by atoms with E-state index in [1.54, 1.807) is 18.6 Å². The zero-order chi connectivity index (χ0) is 13.8. The van der Waals surface area contributed by atoms with E-state index in [-0.39, 0.29) is 5.91 Å². The molecule has 0 bridgehead atoms. The fourth-order valence-corrected chi connectivity index (χ4v) is 3.32. The van der Waals surface area contributed by atoms with Crippen LogP contribution in [0.3, 0.4) is 0 Å². The van der Waals surface area contributed by atoms with Gasteiger partial charge in [0.2, 0.25) is 5.91 Å². The molecule has 2 atom stereocenters. The topological polar surface area (TPSA) is 58.1 Å². The van der Waals surface area contributed by atoms with Crippen molar-refractivity contribution in [1.29, 1.82) is 0 Å². The number of carbonyl (C=O) groups excluding carboxylic acids is 1. The minimum atomic E-state index is 0.264. The number of hydrogen-bond acceptors (Lipinski definition) is 4. The second-order valence-electron chi connectivity index (χ2n) is 5.79. The van der Waals surface area contributed by atoms with Crippen LogP contribution in [0, 0.1) is 5.92 Å². The molecule has 2 fully saturated rings. The number of fused-ring (bicyclic) bond motifs is 1. The number of piperidine rings is 2. The SMILES string of the molecule is O=C(CCc1cnccn1)N1CC[C@@H]2NCCC[C@@H]2C1. The maximum atomic E-state index is 12.3. The van der Waals surface area contributed by atoms with E-state index in [1.807, 2.05) is 4.90 Å². The van der Waals surface area contributed by atoms with Gasteiger partial charge in [-0.1, -0.05) is 0 Å². The Morgan fingerprint density at radius 1 is 1.40 bits per heavy atom. The summed E-state index contributed by atoms with van der Waals surface area (Å²) in [4.78, 5) is 22.6. The van der Waals surface area contributed by atoms with Crippen LogP contribution in [0.15, 0.2) is 18.6 Å². The van der Waals surface area contributed by atoms with Gasteiger partial charge in [0.05, 0.1) is 5.69 Å². The van der Waals surface area contributed by atoms with Crippen LogP contribution in [0.2, 0.25) is 0 Å². The third-order valence-electron chi connectivity index (χ3n) is 4.46. The maximum Gasteiger partial charge on any atom is 0.222 e. The van der Waals surface area contributed by atoms with Crippen LogP contribution < -0.4 is 5.32 Å². The molecule has 20 heavy (non-hydrogen) atoms. The fraction of sp³-hybridized carbons (Fsp3) is 0.667. The number of aryl methyl sites for hydroxylation is 1. The molecule has 108 valence electrons. The molecule has 1 aromatic heterocycles. The van der Waals surface area contributed by atoms with E-state index in [4.69, 9.17) is 0 Å². The number of carbonyl (C=O) groups is 1. The van der Waals surface area contributed by atoms with Gasteiger partial charge in [0, 0.05) is 44.1 Å². The van der Waals surface area contributed by atoms with Crippen LogP contribution in [0.4, 0.5) is 0 Å². The fourth-order valence-electron chi connectivity index (χ4n) is 3.32. The Labute approximate surface area is 119 Å². The summed E-state index contributed by atoms with van der Waals surface area (Å²) in [5, 5.41) is 3.58. The molecule has 2 aliphatic heterocycles. The summed E-state index contributed by atoms with van der Waals surface area (Å²) in [6, 6.07) is 0.632. The largest absolute Gasteiger partial charge is 0.342 e. The minimum absolute atomic E-state index is 0.264. The lowest BCUT2D eigenvalue weighted by Crippen LogP contribution is -2.53. The second kappa shape index (κ2) is 6.31. The number of likely N-dealkylation sites (tertiary alicyclic amines) is 1. The highest BCUT2D eigenvalue weighted by atomic mass is 16.2. The molecule has 2 saturated heterocycles.